The van der Waals surface area contributed by atoms with Crippen molar-refractivity contribution in [3.8, 4) is 0 Å². The fraction of sp³-hybridized carbons (Fsp3) is 0.367. The van der Waals surface area contributed by atoms with Crippen LogP contribution in [0.25, 0.3) is 5.52 Å². The van der Waals surface area contributed by atoms with Crippen molar-refractivity contribution in [3.05, 3.63) is 105 Å². The van der Waals surface area contributed by atoms with Crippen LogP contribution in [0.2, 0.25) is 5.02 Å². The van der Waals surface area contributed by atoms with Gasteiger partial charge in [0.25, 0.3) is 5.91 Å². The molecule has 1 unspecified atom stereocenters. The lowest BCUT2D eigenvalue weighted by atomic mass is 9.89. The number of aryl methyl sites for hydroxylation is 1. The summed E-state index contributed by atoms with van der Waals surface area (Å²) >= 11 is 6.61. The molecule has 2 heterocycles. The zero-order valence-electron chi connectivity index (χ0n) is 23.1. The van der Waals surface area contributed by atoms with Crippen molar-refractivity contribution in [2.45, 2.75) is 45.7 Å². The molecule has 7 nitrogen and oxygen atoms in total. The minimum Gasteiger partial charge on any atom is -0.328 e. The number of nitrogens with zero attached hydrogens (tertiary/aromatic N) is 5. The number of carbonyl (C=O) groups excluding carboxylic acids is 1. The molecule has 0 saturated carbocycles. The number of halogens is 2. The molecule has 0 fully saturated rings. The highest BCUT2D eigenvalue weighted by molar-refractivity contribution is 6.34. The number of amides is 1. The molecule has 9 heteroatoms. The number of hydrogen-bond donors (Lipinski definition) is 0. The van der Waals surface area contributed by atoms with Crippen molar-refractivity contribution in [3.63, 3.8) is 0 Å². The van der Waals surface area contributed by atoms with Gasteiger partial charge in [-0.15, -0.1) is 0 Å². The molecule has 0 saturated heterocycles. The third-order valence-corrected chi connectivity index (χ3v) is 7.81. The zero-order valence-corrected chi connectivity index (χ0v) is 23.9. The molecule has 2 aromatic heterocycles. The molecule has 0 bridgehead atoms. The van der Waals surface area contributed by atoms with E-state index in [4.69, 9.17) is 11.6 Å². The van der Waals surface area contributed by atoms with Gasteiger partial charge in [-0.2, -0.15) is 9.61 Å². The summed E-state index contributed by atoms with van der Waals surface area (Å²) in [5.41, 5.74) is 1.82. The Kier molecular flexibility index (Phi) is 8.57. The summed E-state index contributed by atoms with van der Waals surface area (Å²) in [5.74, 6) is -0.635. The van der Waals surface area contributed by atoms with Gasteiger partial charge in [-0.25, -0.2) is 9.18 Å². The Morgan fingerprint density at radius 1 is 1.08 bits per heavy atom. The Hall–Kier alpha value is -3.49. The van der Waals surface area contributed by atoms with Crippen LogP contribution in [0.4, 0.5) is 4.39 Å². The largest absolute Gasteiger partial charge is 0.349 e. The summed E-state index contributed by atoms with van der Waals surface area (Å²) in [6.45, 7) is 7.26. The molecule has 1 amide bonds. The summed E-state index contributed by atoms with van der Waals surface area (Å²) in [6, 6.07) is 17.2. The first-order chi connectivity index (χ1) is 18.6. The van der Waals surface area contributed by atoms with Gasteiger partial charge in [-0.05, 0) is 83.2 Å². The third kappa shape index (κ3) is 5.77. The molecule has 206 valence electrons. The lowest BCUT2D eigenvalue weighted by Gasteiger charge is -2.42. The van der Waals surface area contributed by atoms with Gasteiger partial charge in [0.05, 0.1) is 34.0 Å². The average molecular weight is 552 g/mol. The average Bonchev–Trinajstić information content (AvgIpc) is 3.21. The molecule has 0 N–H and O–H groups in total. The maximum absolute atomic E-state index is 14.1. The number of carbonyl (C=O) groups is 1. The maximum Gasteiger partial charge on any atom is 0.349 e. The van der Waals surface area contributed by atoms with E-state index >= 15 is 0 Å². The van der Waals surface area contributed by atoms with Gasteiger partial charge in [0, 0.05) is 12.1 Å². The normalized spacial score (nSPS) is 13.1. The van der Waals surface area contributed by atoms with E-state index < -0.39 is 11.4 Å². The van der Waals surface area contributed by atoms with E-state index in [1.165, 1.54) is 28.8 Å². The van der Waals surface area contributed by atoms with Crippen LogP contribution >= 0.6 is 11.6 Å². The summed E-state index contributed by atoms with van der Waals surface area (Å²) in [6.07, 6.45) is 1.24. The standard InChI is InChI=1S/C30H35ClFN5O2/c1-6-30(3,36(18-10-17-34(4)5)28(38)23-13-15-24(32)16-14-23)26-19-25-27(31)21(2)33-37(25)29(39)35(26)20-22-11-8-7-9-12-22/h7-9,11-16,19H,6,10,17-18,20H2,1-5H3. The molecule has 4 aromatic rings. The van der Waals surface area contributed by atoms with Crippen LogP contribution in [-0.4, -0.2) is 57.1 Å². The molecule has 0 spiro atoms. The van der Waals surface area contributed by atoms with Gasteiger partial charge in [-0.1, -0.05) is 48.9 Å². The molecule has 0 aliphatic heterocycles. The summed E-state index contributed by atoms with van der Waals surface area (Å²) in [5, 5.41) is 4.80. The number of fused-ring (bicyclic) bond motifs is 1. The summed E-state index contributed by atoms with van der Waals surface area (Å²) in [7, 11) is 3.97. The van der Waals surface area contributed by atoms with Crippen molar-refractivity contribution in [2.75, 3.05) is 27.2 Å². The van der Waals surface area contributed by atoms with E-state index in [2.05, 4.69) is 10.00 Å². The van der Waals surface area contributed by atoms with Crippen LogP contribution in [-0.2, 0) is 12.1 Å². The molecular weight excluding hydrogens is 517 g/mol. The minimum absolute atomic E-state index is 0.229. The van der Waals surface area contributed by atoms with Crippen molar-refractivity contribution >= 4 is 23.0 Å². The van der Waals surface area contributed by atoms with Gasteiger partial charge >= 0.3 is 5.69 Å². The van der Waals surface area contributed by atoms with E-state index in [0.717, 1.165) is 12.1 Å². The fourth-order valence-corrected chi connectivity index (χ4v) is 5.13. The third-order valence-electron chi connectivity index (χ3n) is 7.34. The van der Waals surface area contributed by atoms with Crippen LogP contribution in [0.1, 0.15) is 54.0 Å². The number of aromatic nitrogens is 3. The van der Waals surface area contributed by atoms with E-state index in [1.54, 1.807) is 11.5 Å². The van der Waals surface area contributed by atoms with Crippen molar-refractivity contribution in [1.82, 2.24) is 24.0 Å². The topological polar surface area (TPSA) is 62.9 Å². The van der Waals surface area contributed by atoms with Gasteiger partial charge in [0.15, 0.2) is 0 Å². The van der Waals surface area contributed by atoms with E-state index in [0.29, 0.717) is 53.4 Å². The fourth-order valence-electron chi connectivity index (χ4n) is 4.96. The highest BCUT2D eigenvalue weighted by Gasteiger charge is 2.39. The first-order valence-electron chi connectivity index (χ1n) is 13.1. The SMILES string of the molecule is CCC(C)(c1cc2c(Cl)c(C)nn2c(=O)n1Cc1ccccc1)N(CCCN(C)C)C(=O)c1ccc(F)cc1. The van der Waals surface area contributed by atoms with Crippen LogP contribution in [0, 0.1) is 12.7 Å². The number of benzene rings is 2. The van der Waals surface area contributed by atoms with E-state index in [9.17, 15) is 14.0 Å². The number of rotatable bonds is 10. The molecule has 39 heavy (non-hydrogen) atoms. The lowest BCUT2D eigenvalue weighted by Crippen LogP contribution is -2.51. The highest BCUT2D eigenvalue weighted by atomic mass is 35.5. The predicted octanol–water partition coefficient (Wildman–Crippen LogP) is 5.36. The Morgan fingerprint density at radius 2 is 1.74 bits per heavy atom. The smallest absolute Gasteiger partial charge is 0.328 e. The minimum atomic E-state index is -0.894. The second kappa shape index (κ2) is 11.7. The zero-order chi connectivity index (χ0) is 28.3. The molecule has 0 radical (unpaired) electrons. The maximum atomic E-state index is 14.1. The molecule has 0 aliphatic rings. The van der Waals surface area contributed by atoms with Crippen LogP contribution in [0.5, 0.6) is 0 Å². The first kappa shape index (κ1) is 28.5. The Morgan fingerprint density at radius 3 is 2.36 bits per heavy atom. The Bertz CT molecular complexity index is 1510. The van der Waals surface area contributed by atoms with Gasteiger partial charge < -0.3 is 9.80 Å². The Balaban J connectivity index is 1.94. The molecular formula is C30H35ClFN5O2. The van der Waals surface area contributed by atoms with Gasteiger partial charge in [0.1, 0.15) is 5.82 Å². The predicted molar refractivity (Wildman–Crippen MR) is 153 cm³/mol. The first-order valence-corrected chi connectivity index (χ1v) is 13.5. The summed E-state index contributed by atoms with van der Waals surface area (Å²) < 4.78 is 16.7. The van der Waals surface area contributed by atoms with Crippen LogP contribution < -0.4 is 5.69 Å². The highest BCUT2D eigenvalue weighted by Crippen LogP contribution is 2.35. The quantitative estimate of drug-likeness (QED) is 0.266. The molecule has 2 aromatic carbocycles. The van der Waals surface area contributed by atoms with Crippen molar-refractivity contribution < 1.29 is 9.18 Å². The van der Waals surface area contributed by atoms with Crippen LogP contribution in [0.3, 0.4) is 0 Å². The monoisotopic (exact) mass is 551 g/mol. The molecule has 0 aliphatic carbocycles. The van der Waals surface area contributed by atoms with Crippen molar-refractivity contribution in [1.29, 1.82) is 0 Å². The van der Waals surface area contributed by atoms with Crippen molar-refractivity contribution in [2.24, 2.45) is 0 Å². The second-order valence-corrected chi connectivity index (χ2v) is 10.7. The van der Waals surface area contributed by atoms with Gasteiger partial charge in [0.2, 0.25) is 0 Å². The molecule has 4 rings (SSSR count). The van der Waals surface area contributed by atoms with E-state index in [1.807, 2.05) is 69.2 Å². The van der Waals surface area contributed by atoms with Crippen LogP contribution in [0.15, 0.2) is 65.5 Å². The lowest BCUT2D eigenvalue weighted by molar-refractivity contribution is 0.0453. The summed E-state index contributed by atoms with van der Waals surface area (Å²) in [4.78, 5) is 31.9. The second-order valence-electron chi connectivity index (χ2n) is 10.3. The Labute approximate surface area is 233 Å². The molecule has 1 atom stereocenters. The number of hydrogen-bond acceptors (Lipinski definition) is 4. The van der Waals surface area contributed by atoms with E-state index in [-0.39, 0.29) is 11.6 Å². The van der Waals surface area contributed by atoms with Gasteiger partial charge in [-0.3, -0.25) is 9.36 Å².